The highest BCUT2D eigenvalue weighted by Crippen LogP contribution is 2.41. The van der Waals surface area contributed by atoms with Gasteiger partial charge in [-0.25, -0.2) is 0 Å². The highest BCUT2D eigenvalue weighted by molar-refractivity contribution is 6.05. The highest BCUT2D eigenvalue weighted by atomic mass is 16.2. The van der Waals surface area contributed by atoms with E-state index in [1.165, 1.54) is 19.4 Å². The lowest BCUT2D eigenvalue weighted by molar-refractivity contribution is 0.0258. The van der Waals surface area contributed by atoms with Crippen molar-refractivity contribution in [2.75, 3.05) is 19.6 Å². The van der Waals surface area contributed by atoms with E-state index in [1.807, 2.05) is 24.3 Å². The summed E-state index contributed by atoms with van der Waals surface area (Å²) < 4.78 is 0. The molecule has 1 amide bonds. The van der Waals surface area contributed by atoms with E-state index in [9.17, 15) is 4.79 Å². The Morgan fingerprint density at radius 2 is 2.19 bits per heavy atom. The van der Waals surface area contributed by atoms with Gasteiger partial charge in [0, 0.05) is 30.6 Å². The third kappa shape index (κ3) is 1.55. The number of hydrogen-bond donors (Lipinski definition) is 1. The van der Waals surface area contributed by atoms with Crippen LogP contribution in [0.4, 0.5) is 0 Å². The summed E-state index contributed by atoms with van der Waals surface area (Å²) in [5, 5.41) is 8.23. The van der Waals surface area contributed by atoms with Crippen LogP contribution in [0.1, 0.15) is 23.3 Å². The van der Waals surface area contributed by atoms with Gasteiger partial charge in [0.15, 0.2) is 5.69 Å². The fraction of sp³-hybridized carbons (Fsp3) is 0.500. The zero-order valence-corrected chi connectivity index (χ0v) is 11.8. The number of hydrogen-bond acceptors (Lipinski definition) is 3. The Morgan fingerprint density at radius 1 is 1.29 bits per heavy atom. The number of aromatic nitrogens is 2. The Labute approximate surface area is 122 Å². The second-order valence-corrected chi connectivity index (χ2v) is 6.60. The van der Waals surface area contributed by atoms with Crippen molar-refractivity contribution in [2.45, 2.75) is 24.9 Å². The molecule has 5 rings (SSSR count). The number of amides is 1. The van der Waals surface area contributed by atoms with Crippen LogP contribution in [0.25, 0.3) is 10.9 Å². The first-order chi connectivity index (χ1) is 10.3. The molecule has 5 nitrogen and oxygen atoms in total. The van der Waals surface area contributed by atoms with Crippen LogP contribution < -0.4 is 0 Å². The van der Waals surface area contributed by atoms with Crippen molar-refractivity contribution in [3.8, 4) is 0 Å². The third-order valence-electron chi connectivity index (χ3n) is 5.51. The zero-order valence-electron chi connectivity index (χ0n) is 11.8. The third-order valence-corrected chi connectivity index (χ3v) is 5.51. The van der Waals surface area contributed by atoms with E-state index in [2.05, 4.69) is 20.0 Å². The summed E-state index contributed by atoms with van der Waals surface area (Å²) in [6.45, 7) is 3.31. The van der Waals surface area contributed by atoms with Crippen molar-refractivity contribution >= 4 is 16.8 Å². The smallest absolute Gasteiger partial charge is 0.275 e. The molecule has 1 unspecified atom stereocenters. The van der Waals surface area contributed by atoms with Gasteiger partial charge in [0.25, 0.3) is 5.91 Å². The van der Waals surface area contributed by atoms with Crippen LogP contribution in [0.5, 0.6) is 0 Å². The Balaban J connectivity index is 1.55. The zero-order chi connectivity index (χ0) is 14.0. The number of carbonyl (C=O) groups is 1. The molecule has 3 saturated heterocycles. The van der Waals surface area contributed by atoms with Gasteiger partial charge in [0.1, 0.15) is 0 Å². The van der Waals surface area contributed by atoms with Gasteiger partial charge in [0.05, 0.1) is 5.52 Å². The highest BCUT2D eigenvalue weighted by Gasteiger charge is 2.51. The van der Waals surface area contributed by atoms with Gasteiger partial charge in [-0.15, -0.1) is 0 Å². The van der Waals surface area contributed by atoms with Crippen LogP contribution in [0.2, 0.25) is 0 Å². The van der Waals surface area contributed by atoms with Crippen LogP contribution in [0.3, 0.4) is 0 Å². The number of nitrogens with one attached hydrogen (secondary N) is 1. The molecule has 2 aromatic rings. The summed E-state index contributed by atoms with van der Waals surface area (Å²) in [5.41, 5.74) is 1.53. The van der Waals surface area contributed by atoms with E-state index >= 15 is 0 Å². The lowest BCUT2D eigenvalue weighted by Crippen LogP contribution is -2.58. The average Bonchev–Trinajstić information content (AvgIpc) is 2.96. The van der Waals surface area contributed by atoms with Gasteiger partial charge in [-0.1, -0.05) is 18.2 Å². The molecule has 3 aliphatic rings. The van der Waals surface area contributed by atoms with Crippen molar-refractivity contribution in [2.24, 2.45) is 5.92 Å². The number of piperazine rings is 1. The Morgan fingerprint density at radius 3 is 3.14 bits per heavy atom. The Bertz CT molecular complexity index is 720. The molecule has 108 valence electrons. The molecule has 1 aromatic heterocycles. The molecule has 3 bridgehead atoms. The maximum absolute atomic E-state index is 13.0. The fourth-order valence-electron chi connectivity index (χ4n) is 4.56. The van der Waals surface area contributed by atoms with Crippen LogP contribution in [0, 0.1) is 5.92 Å². The van der Waals surface area contributed by atoms with Crippen molar-refractivity contribution in [1.29, 1.82) is 0 Å². The monoisotopic (exact) mass is 282 g/mol. The number of nitrogens with zero attached hydrogens (tertiary/aromatic N) is 3. The molecular weight excluding hydrogens is 264 g/mol. The number of carbonyl (C=O) groups excluding carboxylic acids is 1. The predicted octanol–water partition coefficient (Wildman–Crippen LogP) is 1.48. The number of fused-ring (bicyclic) bond motifs is 3. The molecule has 5 heteroatoms. The molecule has 21 heavy (non-hydrogen) atoms. The molecule has 3 fully saturated rings. The molecule has 0 aliphatic carbocycles. The lowest BCUT2D eigenvalue weighted by Gasteiger charge is -2.44. The van der Waals surface area contributed by atoms with Crippen molar-refractivity contribution in [3.63, 3.8) is 0 Å². The molecule has 0 radical (unpaired) electrons. The molecule has 1 N–H and O–H groups in total. The number of rotatable bonds is 1. The quantitative estimate of drug-likeness (QED) is 0.862. The standard InChI is InChI=1S/C16H18N4O/c21-16(15-12-3-1-2-4-13(12)17-18-15)20-11-7-10-5-6-19(8-11)9-14(10)20/h1-4,10-11,14H,5-9H2,(H,17,18)/t10-,11-,14-/m1/s1. The average molecular weight is 282 g/mol. The molecule has 0 spiro atoms. The summed E-state index contributed by atoms with van der Waals surface area (Å²) in [7, 11) is 0. The van der Waals surface area contributed by atoms with Gasteiger partial charge in [-0.3, -0.25) is 14.8 Å². The number of H-pyrrole nitrogens is 1. The second-order valence-electron chi connectivity index (χ2n) is 6.60. The largest absolute Gasteiger partial charge is 0.328 e. The normalized spacial score (nSPS) is 33.8. The Hall–Kier alpha value is -1.88. The van der Waals surface area contributed by atoms with Gasteiger partial charge in [-0.05, 0) is 31.4 Å². The lowest BCUT2D eigenvalue weighted by atomic mass is 9.93. The molecule has 1 aromatic carbocycles. The molecular formula is C16H18N4O. The second kappa shape index (κ2) is 4.07. The summed E-state index contributed by atoms with van der Waals surface area (Å²) in [4.78, 5) is 17.7. The summed E-state index contributed by atoms with van der Waals surface area (Å²) >= 11 is 0. The van der Waals surface area contributed by atoms with E-state index in [4.69, 9.17) is 0 Å². The number of piperidine rings is 1. The minimum atomic E-state index is 0.117. The topological polar surface area (TPSA) is 52.2 Å². The van der Waals surface area contributed by atoms with Crippen molar-refractivity contribution in [3.05, 3.63) is 30.0 Å². The summed E-state index contributed by atoms with van der Waals surface area (Å²) in [6.07, 6.45) is 2.42. The van der Waals surface area contributed by atoms with E-state index < -0.39 is 0 Å². The molecule has 4 heterocycles. The first-order valence-corrected chi connectivity index (χ1v) is 7.79. The van der Waals surface area contributed by atoms with Crippen LogP contribution >= 0.6 is 0 Å². The SMILES string of the molecule is O=C(c1n[nH]c2ccccc12)N1[C@@H]2C[C@H]3CCN(C2)C[C@H]31. The van der Waals surface area contributed by atoms with Crippen LogP contribution in [0.15, 0.2) is 24.3 Å². The van der Waals surface area contributed by atoms with E-state index in [-0.39, 0.29) is 5.91 Å². The molecule has 0 saturated carbocycles. The van der Waals surface area contributed by atoms with Gasteiger partial charge in [0.2, 0.25) is 0 Å². The van der Waals surface area contributed by atoms with Crippen LogP contribution in [-0.2, 0) is 0 Å². The predicted molar refractivity (Wildman–Crippen MR) is 79.0 cm³/mol. The van der Waals surface area contributed by atoms with Gasteiger partial charge < -0.3 is 4.90 Å². The molecule has 4 atom stereocenters. The summed E-state index contributed by atoms with van der Waals surface area (Å²) in [5.74, 6) is 0.814. The van der Waals surface area contributed by atoms with E-state index in [0.29, 0.717) is 23.7 Å². The van der Waals surface area contributed by atoms with E-state index in [0.717, 1.165) is 24.0 Å². The molecule has 3 aliphatic heterocycles. The minimum Gasteiger partial charge on any atom is -0.328 e. The first-order valence-electron chi connectivity index (χ1n) is 7.79. The number of benzene rings is 1. The Kier molecular flexibility index (Phi) is 2.28. The van der Waals surface area contributed by atoms with Crippen molar-refractivity contribution in [1.82, 2.24) is 20.0 Å². The number of para-hydroxylation sites is 1. The maximum Gasteiger partial charge on any atom is 0.275 e. The first kappa shape index (κ1) is 11.7. The van der Waals surface area contributed by atoms with Gasteiger partial charge >= 0.3 is 0 Å². The van der Waals surface area contributed by atoms with Gasteiger partial charge in [-0.2, -0.15) is 5.10 Å². The minimum absolute atomic E-state index is 0.117. The van der Waals surface area contributed by atoms with Crippen LogP contribution in [-0.4, -0.2) is 57.6 Å². The summed E-state index contributed by atoms with van der Waals surface area (Å²) in [6, 6.07) is 8.67. The maximum atomic E-state index is 13.0. The van der Waals surface area contributed by atoms with Crippen molar-refractivity contribution < 1.29 is 4.79 Å². The number of aromatic amines is 1. The fourth-order valence-corrected chi connectivity index (χ4v) is 4.56. The van der Waals surface area contributed by atoms with E-state index in [1.54, 1.807) is 0 Å².